The maximum Gasteiger partial charge on any atom is 0.255 e. The van der Waals surface area contributed by atoms with E-state index in [0.717, 1.165) is 0 Å². The van der Waals surface area contributed by atoms with E-state index < -0.39 is 5.92 Å². The van der Waals surface area contributed by atoms with Crippen LogP contribution in [0.5, 0.6) is 5.75 Å². The topological polar surface area (TPSA) is 122 Å². The van der Waals surface area contributed by atoms with Crippen LogP contribution in [0.2, 0.25) is 0 Å². The Morgan fingerprint density at radius 1 is 1.22 bits per heavy atom. The van der Waals surface area contributed by atoms with Gasteiger partial charge in [-0.05, 0) is 32.9 Å². The first kappa shape index (κ1) is 21.3. The van der Waals surface area contributed by atoms with E-state index in [1.807, 2.05) is 0 Å². The molecule has 32 heavy (non-hydrogen) atoms. The van der Waals surface area contributed by atoms with Crippen molar-refractivity contribution in [1.82, 2.24) is 19.7 Å². The number of nitrogens with zero attached hydrogens (tertiary/aromatic N) is 4. The Hall–Kier alpha value is -3.95. The number of aromatic amines is 1. The number of hydrogen-bond acceptors (Lipinski definition) is 6. The zero-order valence-electron chi connectivity index (χ0n) is 18.3. The normalized spacial score (nSPS) is 15.8. The molecule has 2 amide bonds. The first-order valence-corrected chi connectivity index (χ1v) is 10.2. The lowest BCUT2D eigenvalue weighted by Gasteiger charge is -2.17. The van der Waals surface area contributed by atoms with Gasteiger partial charge >= 0.3 is 0 Å². The van der Waals surface area contributed by atoms with Crippen LogP contribution >= 0.6 is 0 Å². The highest BCUT2D eigenvalue weighted by atomic mass is 16.5. The number of H-pyrrole nitrogens is 1. The Morgan fingerprint density at radius 2 is 2.00 bits per heavy atom. The summed E-state index contributed by atoms with van der Waals surface area (Å²) >= 11 is 0. The fourth-order valence-corrected chi connectivity index (χ4v) is 3.62. The molecule has 1 atom stereocenters. The second kappa shape index (κ2) is 8.29. The number of carbonyl (C=O) groups excluding carboxylic acids is 2. The standard InChI is InChI=1S/C22H24N6O4/c1-12-8-18(28(26-12)22-23-14(3)13(2)20(30)25-22)24-21(31)15-9-19(29)27(11-15)16-6-5-7-17(10-16)32-4/h5-8,10,15H,9,11H2,1-4H3,(H,24,31)(H,23,25,30)/t15-/m0/s1. The van der Waals surface area contributed by atoms with Crippen molar-refractivity contribution in [1.29, 1.82) is 0 Å². The van der Waals surface area contributed by atoms with Crippen LogP contribution in [0.15, 0.2) is 35.1 Å². The van der Waals surface area contributed by atoms with Gasteiger partial charge in [0.2, 0.25) is 17.8 Å². The molecule has 0 radical (unpaired) electrons. The van der Waals surface area contributed by atoms with E-state index in [0.29, 0.717) is 34.2 Å². The van der Waals surface area contributed by atoms with Crippen molar-refractivity contribution < 1.29 is 14.3 Å². The van der Waals surface area contributed by atoms with Crippen LogP contribution < -0.4 is 20.5 Å². The molecule has 3 aromatic rings. The molecule has 1 aliphatic rings. The van der Waals surface area contributed by atoms with Crippen molar-refractivity contribution in [3.63, 3.8) is 0 Å². The Bertz CT molecular complexity index is 1260. The summed E-state index contributed by atoms with van der Waals surface area (Å²) in [6, 6.07) is 8.85. The van der Waals surface area contributed by atoms with Crippen LogP contribution in [0.4, 0.5) is 11.5 Å². The van der Waals surface area contributed by atoms with Gasteiger partial charge in [0.25, 0.3) is 5.56 Å². The predicted molar refractivity (Wildman–Crippen MR) is 118 cm³/mol. The van der Waals surface area contributed by atoms with E-state index in [1.54, 1.807) is 63.1 Å². The number of ether oxygens (including phenoxy) is 1. The maximum atomic E-state index is 13.0. The average Bonchev–Trinajstić information content (AvgIpc) is 3.34. The van der Waals surface area contributed by atoms with E-state index in [2.05, 4.69) is 20.4 Å². The lowest BCUT2D eigenvalue weighted by molar-refractivity contribution is -0.122. The molecule has 4 rings (SSSR count). The Balaban J connectivity index is 1.55. The number of carbonyl (C=O) groups is 2. The third-order valence-corrected chi connectivity index (χ3v) is 5.53. The molecule has 3 heterocycles. The molecule has 0 saturated carbocycles. The number of nitrogens with one attached hydrogen (secondary N) is 2. The molecule has 10 heteroatoms. The van der Waals surface area contributed by atoms with E-state index in [9.17, 15) is 14.4 Å². The van der Waals surface area contributed by atoms with Crippen molar-refractivity contribution in [3.05, 3.63) is 57.6 Å². The fraction of sp³-hybridized carbons (Fsp3) is 0.318. The van der Waals surface area contributed by atoms with Gasteiger partial charge in [0.15, 0.2) is 0 Å². The van der Waals surface area contributed by atoms with Crippen molar-refractivity contribution >= 4 is 23.3 Å². The third kappa shape index (κ3) is 3.98. The summed E-state index contributed by atoms with van der Waals surface area (Å²) in [4.78, 5) is 46.4. The zero-order chi connectivity index (χ0) is 23.0. The number of methoxy groups -OCH3 is 1. The predicted octanol–water partition coefficient (Wildman–Crippen LogP) is 1.88. The first-order chi connectivity index (χ1) is 15.3. The molecule has 0 aliphatic carbocycles. The van der Waals surface area contributed by atoms with E-state index in [1.165, 1.54) is 4.68 Å². The van der Waals surface area contributed by atoms with Crippen LogP contribution in [0.1, 0.15) is 23.4 Å². The van der Waals surface area contributed by atoms with E-state index >= 15 is 0 Å². The van der Waals surface area contributed by atoms with Crippen LogP contribution in [0.25, 0.3) is 5.95 Å². The number of amides is 2. The molecule has 1 aromatic carbocycles. The number of anilines is 2. The molecule has 2 N–H and O–H groups in total. The van der Waals surface area contributed by atoms with Crippen LogP contribution in [-0.2, 0) is 9.59 Å². The fourth-order valence-electron chi connectivity index (χ4n) is 3.62. The van der Waals surface area contributed by atoms with Gasteiger partial charge in [-0.3, -0.25) is 19.4 Å². The van der Waals surface area contributed by atoms with Gasteiger partial charge < -0.3 is 15.0 Å². The Labute approximate surface area is 184 Å². The highest BCUT2D eigenvalue weighted by Crippen LogP contribution is 2.28. The number of benzene rings is 1. The summed E-state index contributed by atoms with van der Waals surface area (Å²) in [5, 5.41) is 7.18. The minimum Gasteiger partial charge on any atom is -0.497 e. The van der Waals surface area contributed by atoms with Gasteiger partial charge in [-0.1, -0.05) is 6.07 Å². The lowest BCUT2D eigenvalue weighted by atomic mass is 10.1. The summed E-state index contributed by atoms with van der Waals surface area (Å²) < 4.78 is 6.61. The molecule has 1 aliphatic heterocycles. The molecule has 1 saturated heterocycles. The maximum absolute atomic E-state index is 13.0. The van der Waals surface area contributed by atoms with Crippen molar-refractivity contribution in [2.45, 2.75) is 27.2 Å². The largest absolute Gasteiger partial charge is 0.497 e. The van der Waals surface area contributed by atoms with E-state index in [-0.39, 0.29) is 36.3 Å². The van der Waals surface area contributed by atoms with Gasteiger partial charge in [0, 0.05) is 42.0 Å². The summed E-state index contributed by atoms with van der Waals surface area (Å²) in [5.74, 6) is 0.231. The summed E-state index contributed by atoms with van der Waals surface area (Å²) in [5.41, 5.74) is 2.15. The summed E-state index contributed by atoms with van der Waals surface area (Å²) in [6.07, 6.45) is 0.0921. The van der Waals surface area contributed by atoms with Crippen molar-refractivity contribution in [2.24, 2.45) is 5.92 Å². The number of aryl methyl sites for hydroxylation is 2. The smallest absolute Gasteiger partial charge is 0.255 e. The quantitative estimate of drug-likeness (QED) is 0.630. The molecule has 0 spiro atoms. The molecule has 166 valence electrons. The second-order valence-corrected chi connectivity index (χ2v) is 7.78. The molecule has 2 aromatic heterocycles. The lowest BCUT2D eigenvalue weighted by Crippen LogP contribution is -2.29. The molecule has 0 bridgehead atoms. The highest BCUT2D eigenvalue weighted by Gasteiger charge is 2.35. The van der Waals surface area contributed by atoms with E-state index in [4.69, 9.17) is 4.74 Å². The number of hydrogen-bond donors (Lipinski definition) is 2. The second-order valence-electron chi connectivity index (χ2n) is 7.78. The molecule has 10 nitrogen and oxygen atoms in total. The molecular weight excluding hydrogens is 412 g/mol. The van der Waals surface area contributed by atoms with Crippen molar-refractivity contribution in [3.8, 4) is 11.7 Å². The molecule has 0 unspecified atom stereocenters. The average molecular weight is 436 g/mol. The Morgan fingerprint density at radius 3 is 2.72 bits per heavy atom. The third-order valence-electron chi connectivity index (χ3n) is 5.53. The molecular formula is C22H24N6O4. The highest BCUT2D eigenvalue weighted by molar-refractivity contribution is 6.03. The summed E-state index contributed by atoms with van der Waals surface area (Å²) in [7, 11) is 1.56. The van der Waals surface area contributed by atoms with Crippen LogP contribution in [-0.4, -0.2) is 45.2 Å². The minimum atomic E-state index is -0.538. The Kier molecular flexibility index (Phi) is 5.52. The van der Waals surface area contributed by atoms with Gasteiger partial charge in [-0.15, -0.1) is 0 Å². The van der Waals surface area contributed by atoms with Gasteiger partial charge in [-0.25, -0.2) is 4.98 Å². The van der Waals surface area contributed by atoms with Gasteiger partial charge in [0.05, 0.1) is 18.7 Å². The summed E-state index contributed by atoms with van der Waals surface area (Å²) in [6.45, 7) is 5.45. The number of rotatable bonds is 5. The minimum absolute atomic E-state index is 0.0921. The van der Waals surface area contributed by atoms with Crippen molar-refractivity contribution in [2.75, 3.05) is 23.9 Å². The first-order valence-electron chi connectivity index (χ1n) is 10.2. The van der Waals surface area contributed by atoms with Crippen LogP contribution in [0.3, 0.4) is 0 Å². The van der Waals surface area contributed by atoms with Gasteiger partial charge in [-0.2, -0.15) is 9.78 Å². The monoisotopic (exact) mass is 436 g/mol. The SMILES string of the molecule is COc1cccc(N2C[C@@H](C(=O)Nc3cc(C)nn3-c3nc(C)c(C)c(=O)[nH]3)CC2=O)c1. The molecule has 1 fully saturated rings. The van der Waals surface area contributed by atoms with Crippen LogP contribution in [0, 0.1) is 26.7 Å². The zero-order valence-corrected chi connectivity index (χ0v) is 18.3. The van der Waals surface area contributed by atoms with Gasteiger partial charge in [0.1, 0.15) is 11.6 Å². The number of aromatic nitrogens is 4.